The lowest BCUT2D eigenvalue weighted by atomic mass is 10.0. The number of ether oxygens (including phenoxy) is 1. The molecule has 0 bridgehead atoms. The largest absolute Gasteiger partial charge is 0.496 e. The van der Waals surface area contributed by atoms with E-state index >= 15 is 0 Å². The van der Waals surface area contributed by atoms with Crippen LogP contribution in [0.5, 0.6) is 5.75 Å². The van der Waals surface area contributed by atoms with Gasteiger partial charge >= 0.3 is 0 Å². The normalized spacial score (nSPS) is 11.2. The van der Waals surface area contributed by atoms with E-state index in [2.05, 4.69) is 24.1 Å². The van der Waals surface area contributed by atoms with E-state index in [0.29, 0.717) is 33.6 Å². The molecule has 0 aliphatic carbocycles. The highest BCUT2D eigenvalue weighted by Crippen LogP contribution is 2.25. The van der Waals surface area contributed by atoms with E-state index in [1.807, 2.05) is 60.0 Å². The van der Waals surface area contributed by atoms with Gasteiger partial charge in [0.15, 0.2) is 5.16 Å². The Labute approximate surface area is 200 Å². The number of rotatable bonds is 8. The van der Waals surface area contributed by atoms with Crippen LogP contribution in [-0.2, 0) is 11.3 Å². The fourth-order valence-electron chi connectivity index (χ4n) is 3.46. The Hall–Kier alpha value is -3.10. The Morgan fingerprint density at radius 2 is 1.91 bits per heavy atom. The molecule has 1 N–H and O–H groups in total. The summed E-state index contributed by atoms with van der Waals surface area (Å²) < 4.78 is 7.67. The Kier molecular flexibility index (Phi) is 7.15. The minimum atomic E-state index is -0.152. The molecule has 170 valence electrons. The fraction of sp³-hybridized carbons (Fsp3) is 0.240. The van der Waals surface area contributed by atoms with Crippen LogP contribution in [0.3, 0.4) is 0 Å². The van der Waals surface area contributed by atoms with E-state index in [4.69, 9.17) is 4.74 Å². The fourth-order valence-corrected chi connectivity index (χ4v) is 5.03. The Bertz CT molecular complexity index is 1330. The lowest BCUT2D eigenvalue weighted by Crippen LogP contribution is -2.24. The predicted octanol–water partition coefficient (Wildman–Crippen LogP) is 5.37. The zero-order valence-electron chi connectivity index (χ0n) is 18.7. The summed E-state index contributed by atoms with van der Waals surface area (Å²) in [5, 5.41) is 5.28. The molecule has 0 saturated heterocycles. The first-order valence-corrected chi connectivity index (χ1v) is 12.5. The van der Waals surface area contributed by atoms with Gasteiger partial charge in [-0.2, -0.15) is 0 Å². The van der Waals surface area contributed by atoms with Gasteiger partial charge in [-0.25, -0.2) is 4.98 Å². The molecule has 0 radical (unpaired) electrons. The second-order valence-electron chi connectivity index (χ2n) is 7.85. The third-order valence-electron chi connectivity index (χ3n) is 5.25. The molecule has 1 amide bonds. The molecule has 33 heavy (non-hydrogen) atoms. The third-order valence-corrected chi connectivity index (χ3v) is 7.11. The molecule has 6 nitrogen and oxygen atoms in total. The molecular formula is C25H25N3O3S2. The molecule has 0 aliphatic rings. The van der Waals surface area contributed by atoms with E-state index < -0.39 is 0 Å². The molecule has 0 unspecified atom stereocenters. The van der Waals surface area contributed by atoms with Crippen LogP contribution in [0.4, 0.5) is 5.69 Å². The molecule has 0 spiro atoms. The van der Waals surface area contributed by atoms with Gasteiger partial charge in [0.25, 0.3) is 5.56 Å². The van der Waals surface area contributed by atoms with E-state index in [1.165, 1.54) is 28.7 Å². The highest BCUT2D eigenvalue weighted by atomic mass is 32.2. The van der Waals surface area contributed by atoms with Gasteiger partial charge in [0.2, 0.25) is 5.91 Å². The van der Waals surface area contributed by atoms with Gasteiger partial charge in [-0.05, 0) is 41.1 Å². The van der Waals surface area contributed by atoms with Crippen molar-refractivity contribution in [3.63, 3.8) is 0 Å². The smallest absolute Gasteiger partial charge is 0.272 e. The predicted molar refractivity (Wildman–Crippen MR) is 136 cm³/mol. The van der Waals surface area contributed by atoms with Crippen molar-refractivity contribution < 1.29 is 9.53 Å². The summed E-state index contributed by atoms with van der Waals surface area (Å²) in [7, 11) is 1.61. The summed E-state index contributed by atoms with van der Waals surface area (Å²) in [4.78, 5) is 30.5. The van der Waals surface area contributed by atoms with Gasteiger partial charge in [-0.1, -0.05) is 55.9 Å². The number of hydrogen-bond donors (Lipinski definition) is 1. The zero-order chi connectivity index (χ0) is 23.4. The minimum Gasteiger partial charge on any atom is -0.496 e. The second kappa shape index (κ2) is 10.2. The highest BCUT2D eigenvalue weighted by molar-refractivity contribution is 7.99. The average Bonchev–Trinajstić information content (AvgIpc) is 3.29. The summed E-state index contributed by atoms with van der Waals surface area (Å²) in [6, 6.07) is 17.3. The van der Waals surface area contributed by atoms with E-state index in [0.717, 1.165) is 11.3 Å². The third kappa shape index (κ3) is 5.29. The number of anilines is 1. The maximum Gasteiger partial charge on any atom is 0.272 e. The standard InChI is InChI=1S/C25H25N3O3S2/c1-16(2)17-8-10-19(11-9-17)26-22(29)15-33-25-27-20-12-13-32-23(20)24(30)28(25)14-18-6-4-5-7-21(18)31-3/h4-13,16H,14-15H2,1-3H3,(H,26,29). The first kappa shape index (κ1) is 23.1. The number of para-hydroxylation sites is 1. The number of nitrogens with zero attached hydrogens (tertiary/aromatic N) is 2. The number of thiophene rings is 1. The van der Waals surface area contributed by atoms with Crippen molar-refractivity contribution in [1.82, 2.24) is 9.55 Å². The number of carbonyl (C=O) groups is 1. The first-order chi connectivity index (χ1) is 16.0. The molecule has 0 atom stereocenters. The quantitative estimate of drug-likeness (QED) is 0.272. The van der Waals surface area contributed by atoms with Crippen LogP contribution < -0.4 is 15.6 Å². The van der Waals surface area contributed by atoms with Gasteiger partial charge in [-0.15, -0.1) is 11.3 Å². The number of carbonyl (C=O) groups excluding carboxylic acids is 1. The lowest BCUT2D eigenvalue weighted by molar-refractivity contribution is -0.113. The van der Waals surface area contributed by atoms with Gasteiger partial charge in [0.05, 0.1) is 24.9 Å². The molecule has 4 aromatic rings. The van der Waals surface area contributed by atoms with Crippen molar-refractivity contribution in [2.45, 2.75) is 31.5 Å². The molecule has 4 rings (SSSR count). The van der Waals surface area contributed by atoms with Gasteiger partial charge < -0.3 is 10.1 Å². The van der Waals surface area contributed by atoms with Gasteiger partial charge in [-0.3, -0.25) is 14.2 Å². The van der Waals surface area contributed by atoms with Crippen molar-refractivity contribution in [2.75, 3.05) is 18.2 Å². The Balaban J connectivity index is 1.56. The number of methoxy groups -OCH3 is 1. The molecule has 2 aromatic carbocycles. The topological polar surface area (TPSA) is 73.2 Å². The molecule has 8 heteroatoms. The SMILES string of the molecule is COc1ccccc1Cn1c(SCC(=O)Nc2ccc(C(C)C)cc2)nc2ccsc2c1=O. The summed E-state index contributed by atoms with van der Waals surface area (Å²) in [6.07, 6.45) is 0. The van der Waals surface area contributed by atoms with Crippen LogP contribution in [0.2, 0.25) is 0 Å². The number of nitrogens with one attached hydrogen (secondary N) is 1. The number of hydrogen-bond acceptors (Lipinski definition) is 6. The molecule has 0 saturated carbocycles. The number of amides is 1. The molecule has 0 aliphatic heterocycles. The van der Waals surface area contributed by atoms with Gasteiger partial charge in [0, 0.05) is 11.3 Å². The minimum absolute atomic E-state index is 0.118. The number of fused-ring (bicyclic) bond motifs is 1. The molecular weight excluding hydrogens is 454 g/mol. The summed E-state index contributed by atoms with van der Waals surface area (Å²) in [5.74, 6) is 1.12. The van der Waals surface area contributed by atoms with Crippen molar-refractivity contribution in [3.8, 4) is 5.75 Å². The second-order valence-corrected chi connectivity index (χ2v) is 9.70. The number of thioether (sulfide) groups is 1. The van der Waals surface area contributed by atoms with E-state index in [1.54, 1.807) is 11.7 Å². The summed E-state index contributed by atoms with van der Waals surface area (Å²) in [5.41, 5.74) is 3.37. The Morgan fingerprint density at radius 1 is 1.15 bits per heavy atom. The van der Waals surface area contributed by atoms with Crippen molar-refractivity contribution in [2.24, 2.45) is 0 Å². The number of benzene rings is 2. The number of aromatic nitrogens is 2. The van der Waals surface area contributed by atoms with Crippen molar-refractivity contribution in [3.05, 3.63) is 81.5 Å². The van der Waals surface area contributed by atoms with Crippen molar-refractivity contribution >= 4 is 44.9 Å². The van der Waals surface area contributed by atoms with Crippen LogP contribution in [0.15, 0.2) is 69.9 Å². The van der Waals surface area contributed by atoms with E-state index in [-0.39, 0.29) is 17.2 Å². The van der Waals surface area contributed by atoms with Crippen LogP contribution in [0.25, 0.3) is 10.2 Å². The van der Waals surface area contributed by atoms with Gasteiger partial charge in [0.1, 0.15) is 10.4 Å². The summed E-state index contributed by atoms with van der Waals surface area (Å²) >= 11 is 2.62. The first-order valence-electron chi connectivity index (χ1n) is 10.6. The zero-order valence-corrected chi connectivity index (χ0v) is 20.3. The Morgan fingerprint density at radius 3 is 2.64 bits per heavy atom. The van der Waals surface area contributed by atoms with Crippen LogP contribution in [0.1, 0.15) is 30.9 Å². The monoisotopic (exact) mass is 479 g/mol. The maximum atomic E-state index is 13.2. The summed E-state index contributed by atoms with van der Waals surface area (Å²) in [6.45, 7) is 4.57. The molecule has 2 heterocycles. The molecule has 2 aromatic heterocycles. The van der Waals surface area contributed by atoms with Crippen LogP contribution >= 0.6 is 23.1 Å². The van der Waals surface area contributed by atoms with Crippen LogP contribution in [-0.4, -0.2) is 28.3 Å². The lowest BCUT2D eigenvalue weighted by Gasteiger charge is -2.14. The van der Waals surface area contributed by atoms with Crippen molar-refractivity contribution in [1.29, 1.82) is 0 Å². The maximum absolute atomic E-state index is 13.2. The molecule has 0 fully saturated rings. The van der Waals surface area contributed by atoms with E-state index in [9.17, 15) is 9.59 Å². The van der Waals surface area contributed by atoms with Crippen LogP contribution in [0, 0.1) is 0 Å². The highest BCUT2D eigenvalue weighted by Gasteiger charge is 2.16. The average molecular weight is 480 g/mol.